The van der Waals surface area contributed by atoms with Crippen molar-refractivity contribution in [1.82, 2.24) is 15.2 Å². The van der Waals surface area contributed by atoms with Crippen molar-refractivity contribution in [2.75, 3.05) is 5.32 Å². The molecule has 15 heavy (non-hydrogen) atoms. The molecular weight excluding hydrogens is 212 g/mol. The second-order valence-corrected chi connectivity index (χ2v) is 3.34. The van der Waals surface area contributed by atoms with Gasteiger partial charge in [0.15, 0.2) is 5.15 Å². The highest BCUT2D eigenvalue weighted by atomic mass is 35.5. The lowest BCUT2D eigenvalue weighted by molar-refractivity contribution is 0.999. The van der Waals surface area contributed by atoms with Gasteiger partial charge < -0.3 is 5.32 Å². The van der Waals surface area contributed by atoms with Crippen LogP contribution in [0.5, 0.6) is 0 Å². The van der Waals surface area contributed by atoms with E-state index in [-0.39, 0.29) is 0 Å². The summed E-state index contributed by atoms with van der Waals surface area (Å²) in [6.07, 6.45) is 3.51. The van der Waals surface area contributed by atoms with Crippen LogP contribution in [0.1, 0.15) is 5.56 Å². The van der Waals surface area contributed by atoms with E-state index < -0.39 is 0 Å². The first-order valence-corrected chi connectivity index (χ1v) is 4.84. The second kappa shape index (κ2) is 4.70. The van der Waals surface area contributed by atoms with E-state index in [9.17, 15) is 0 Å². The van der Waals surface area contributed by atoms with Crippen LogP contribution in [-0.2, 0) is 6.54 Å². The quantitative estimate of drug-likeness (QED) is 0.861. The minimum absolute atomic E-state index is 0.393. The van der Waals surface area contributed by atoms with Crippen molar-refractivity contribution in [2.24, 2.45) is 0 Å². The third-order valence-electron chi connectivity index (χ3n) is 1.85. The van der Waals surface area contributed by atoms with Gasteiger partial charge in [-0.05, 0) is 29.8 Å². The molecule has 0 saturated carbocycles. The fraction of sp³-hybridized carbons (Fsp3) is 0.100. The third kappa shape index (κ3) is 2.89. The standard InChI is InChI=1S/C10H9ClN4/c11-9-1-2-10(15-14-9)13-7-8-3-5-12-6-4-8/h1-6H,7H2,(H,13,15). The third-order valence-corrected chi connectivity index (χ3v) is 2.06. The molecule has 0 spiro atoms. The molecule has 0 aliphatic heterocycles. The first-order chi connectivity index (χ1) is 7.34. The zero-order chi connectivity index (χ0) is 10.5. The Morgan fingerprint density at radius 2 is 1.87 bits per heavy atom. The highest BCUT2D eigenvalue weighted by Gasteiger charge is 1.95. The van der Waals surface area contributed by atoms with Gasteiger partial charge >= 0.3 is 0 Å². The summed E-state index contributed by atoms with van der Waals surface area (Å²) in [7, 11) is 0. The number of anilines is 1. The Balaban J connectivity index is 1.96. The Kier molecular flexibility index (Phi) is 3.09. The Bertz CT molecular complexity index is 415. The summed E-state index contributed by atoms with van der Waals surface area (Å²) < 4.78 is 0. The van der Waals surface area contributed by atoms with Gasteiger partial charge in [-0.15, -0.1) is 10.2 Å². The lowest BCUT2D eigenvalue weighted by atomic mass is 10.3. The van der Waals surface area contributed by atoms with Gasteiger partial charge in [0.25, 0.3) is 0 Å². The molecule has 4 nitrogen and oxygen atoms in total. The lowest BCUT2D eigenvalue weighted by Crippen LogP contribution is -2.01. The largest absolute Gasteiger partial charge is 0.365 e. The Morgan fingerprint density at radius 3 is 2.53 bits per heavy atom. The summed E-state index contributed by atoms with van der Waals surface area (Å²) >= 11 is 5.62. The summed E-state index contributed by atoms with van der Waals surface area (Å²) in [4.78, 5) is 3.94. The second-order valence-electron chi connectivity index (χ2n) is 2.95. The van der Waals surface area contributed by atoms with Gasteiger partial charge in [-0.25, -0.2) is 0 Å². The smallest absolute Gasteiger partial charge is 0.151 e. The fourth-order valence-corrected chi connectivity index (χ4v) is 1.20. The van der Waals surface area contributed by atoms with Crippen molar-refractivity contribution in [3.8, 4) is 0 Å². The maximum Gasteiger partial charge on any atom is 0.151 e. The number of hydrogen-bond acceptors (Lipinski definition) is 4. The molecule has 76 valence electrons. The van der Waals surface area contributed by atoms with Gasteiger partial charge in [0.05, 0.1) is 0 Å². The molecule has 1 N–H and O–H groups in total. The van der Waals surface area contributed by atoms with Gasteiger partial charge in [0.1, 0.15) is 5.82 Å². The van der Waals surface area contributed by atoms with E-state index >= 15 is 0 Å². The van der Waals surface area contributed by atoms with Crippen molar-refractivity contribution in [2.45, 2.75) is 6.54 Å². The molecule has 5 heteroatoms. The summed E-state index contributed by atoms with van der Waals surface area (Å²) in [5.41, 5.74) is 1.14. The summed E-state index contributed by atoms with van der Waals surface area (Å²) in [6, 6.07) is 7.37. The Labute approximate surface area is 92.3 Å². The molecule has 0 unspecified atom stereocenters. The van der Waals surface area contributed by atoms with Gasteiger partial charge in [-0.1, -0.05) is 11.6 Å². The monoisotopic (exact) mass is 220 g/mol. The molecule has 0 fully saturated rings. The Morgan fingerprint density at radius 1 is 1.07 bits per heavy atom. The summed E-state index contributed by atoms with van der Waals surface area (Å²) in [5.74, 6) is 0.705. The van der Waals surface area contributed by atoms with Crippen molar-refractivity contribution in [1.29, 1.82) is 0 Å². The van der Waals surface area contributed by atoms with Crippen LogP contribution < -0.4 is 5.32 Å². The Hall–Kier alpha value is -1.68. The highest BCUT2D eigenvalue weighted by Crippen LogP contribution is 2.07. The first kappa shape index (κ1) is 9.86. The van der Waals surface area contributed by atoms with E-state index in [0.29, 0.717) is 17.5 Å². The number of rotatable bonds is 3. The molecule has 2 rings (SSSR count). The van der Waals surface area contributed by atoms with Crippen molar-refractivity contribution in [3.63, 3.8) is 0 Å². The number of pyridine rings is 1. The van der Waals surface area contributed by atoms with E-state index in [1.165, 1.54) is 0 Å². The minimum Gasteiger partial charge on any atom is -0.365 e. The first-order valence-electron chi connectivity index (χ1n) is 4.46. The van der Waals surface area contributed by atoms with E-state index in [1.54, 1.807) is 24.5 Å². The SMILES string of the molecule is Clc1ccc(NCc2ccncc2)nn1. The number of aromatic nitrogens is 3. The van der Waals surface area contributed by atoms with Crippen molar-refractivity contribution >= 4 is 17.4 Å². The maximum atomic E-state index is 5.62. The fourth-order valence-electron chi connectivity index (χ4n) is 1.10. The molecule has 0 saturated heterocycles. The van der Waals surface area contributed by atoms with Gasteiger partial charge in [-0.2, -0.15) is 0 Å². The van der Waals surface area contributed by atoms with E-state index in [4.69, 9.17) is 11.6 Å². The molecule has 2 aromatic rings. The average Bonchev–Trinajstić information content (AvgIpc) is 2.30. The highest BCUT2D eigenvalue weighted by molar-refractivity contribution is 6.29. The molecule has 0 aromatic carbocycles. The van der Waals surface area contributed by atoms with Crippen LogP contribution in [0, 0.1) is 0 Å². The predicted octanol–water partition coefficient (Wildman–Crippen LogP) is 2.14. The maximum absolute atomic E-state index is 5.62. The minimum atomic E-state index is 0.393. The molecule has 2 aromatic heterocycles. The normalized spacial score (nSPS) is 9.93. The van der Waals surface area contributed by atoms with Crippen LogP contribution in [0.4, 0.5) is 5.82 Å². The van der Waals surface area contributed by atoms with Gasteiger partial charge in [0.2, 0.25) is 0 Å². The molecule has 2 heterocycles. The van der Waals surface area contributed by atoms with E-state index in [1.807, 2.05) is 12.1 Å². The lowest BCUT2D eigenvalue weighted by Gasteiger charge is -2.03. The summed E-state index contributed by atoms with van der Waals surface area (Å²) in [6.45, 7) is 0.693. The molecule has 0 aliphatic carbocycles. The molecule has 0 radical (unpaired) electrons. The van der Waals surface area contributed by atoms with Crippen LogP contribution in [0.2, 0.25) is 5.15 Å². The zero-order valence-corrected chi connectivity index (χ0v) is 8.65. The van der Waals surface area contributed by atoms with E-state index in [2.05, 4.69) is 20.5 Å². The predicted molar refractivity (Wildman–Crippen MR) is 58.6 cm³/mol. The molecular formula is C10H9ClN4. The number of halogens is 1. The number of nitrogens with one attached hydrogen (secondary N) is 1. The molecule has 0 amide bonds. The molecule has 0 atom stereocenters. The van der Waals surface area contributed by atoms with Crippen LogP contribution in [0.15, 0.2) is 36.7 Å². The topological polar surface area (TPSA) is 50.7 Å². The van der Waals surface area contributed by atoms with Gasteiger partial charge in [-0.3, -0.25) is 4.98 Å². The van der Waals surface area contributed by atoms with Crippen LogP contribution in [0.25, 0.3) is 0 Å². The zero-order valence-electron chi connectivity index (χ0n) is 7.89. The van der Waals surface area contributed by atoms with Crippen LogP contribution in [-0.4, -0.2) is 15.2 Å². The van der Waals surface area contributed by atoms with Crippen LogP contribution >= 0.6 is 11.6 Å². The van der Waals surface area contributed by atoms with Crippen LogP contribution in [0.3, 0.4) is 0 Å². The summed E-state index contributed by atoms with van der Waals surface area (Å²) in [5, 5.41) is 11.1. The van der Waals surface area contributed by atoms with E-state index in [0.717, 1.165) is 5.56 Å². The average molecular weight is 221 g/mol. The van der Waals surface area contributed by atoms with Gasteiger partial charge in [0, 0.05) is 18.9 Å². The molecule has 0 bridgehead atoms. The molecule has 0 aliphatic rings. The number of hydrogen-bond donors (Lipinski definition) is 1. The van der Waals surface area contributed by atoms with Crippen molar-refractivity contribution < 1.29 is 0 Å². The van der Waals surface area contributed by atoms with Crippen molar-refractivity contribution in [3.05, 3.63) is 47.4 Å². The number of nitrogens with zero attached hydrogens (tertiary/aromatic N) is 3.